The summed E-state index contributed by atoms with van der Waals surface area (Å²) in [6.07, 6.45) is 0. The number of aromatic nitrogens is 4. The summed E-state index contributed by atoms with van der Waals surface area (Å²) >= 11 is 5.95. The maximum absolute atomic E-state index is 5.95. The molecule has 2 aromatic heterocycles. The van der Waals surface area contributed by atoms with Gasteiger partial charge in [-0.25, -0.2) is 0 Å². The maximum atomic E-state index is 5.95. The average Bonchev–Trinajstić information content (AvgIpc) is 3.08. The number of aromatic amines is 1. The zero-order chi connectivity index (χ0) is 14.1. The molecule has 0 saturated heterocycles. The van der Waals surface area contributed by atoms with Crippen LogP contribution in [0.15, 0.2) is 34.7 Å². The summed E-state index contributed by atoms with van der Waals surface area (Å²) < 4.78 is 5.64. The monoisotopic (exact) mass is 288 g/mol. The largest absolute Gasteiger partial charge is 0.415 e. The molecule has 1 N–H and O–H groups in total. The lowest BCUT2D eigenvalue weighted by atomic mass is 10.1. The molecule has 0 saturated carbocycles. The van der Waals surface area contributed by atoms with Crippen LogP contribution in [0.25, 0.3) is 23.0 Å². The Hall–Kier alpha value is -2.14. The van der Waals surface area contributed by atoms with Gasteiger partial charge in [0.15, 0.2) is 0 Å². The molecule has 0 bridgehead atoms. The van der Waals surface area contributed by atoms with Crippen LogP contribution >= 0.6 is 11.6 Å². The van der Waals surface area contributed by atoms with Gasteiger partial charge in [-0.2, -0.15) is 5.10 Å². The quantitative estimate of drug-likeness (QED) is 0.793. The molecule has 0 spiro atoms. The summed E-state index contributed by atoms with van der Waals surface area (Å²) in [5.74, 6) is 1.19. The zero-order valence-electron chi connectivity index (χ0n) is 11.1. The van der Waals surface area contributed by atoms with E-state index in [1.165, 1.54) is 0 Å². The SMILES string of the molecule is CC(C)c1cc(-c2nnc(-c3cccc(Cl)c3)o2)n[nH]1. The van der Waals surface area contributed by atoms with Crippen molar-refractivity contribution < 1.29 is 4.42 Å². The van der Waals surface area contributed by atoms with Gasteiger partial charge in [-0.15, -0.1) is 10.2 Å². The van der Waals surface area contributed by atoms with Crippen molar-refractivity contribution >= 4 is 11.6 Å². The molecular weight excluding hydrogens is 276 g/mol. The number of nitrogens with zero attached hydrogens (tertiary/aromatic N) is 3. The molecule has 0 atom stereocenters. The molecule has 0 aliphatic heterocycles. The molecule has 6 heteroatoms. The number of hydrogen-bond acceptors (Lipinski definition) is 4. The Morgan fingerprint density at radius 3 is 2.65 bits per heavy atom. The predicted octanol–water partition coefficient (Wildman–Crippen LogP) is 3.90. The summed E-state index contributed by atoms with van der Waals surface area (Å²) in [4.78, 5) is 0. The molecule has 5 nitrogen and oxygen atoms in total. The van der Waals surface area contributed by atoms with Crippen LogP contribution < -0.4 is 0 Å². The van der Waals surface area contributed by atoms with Crippen molar-refractivity contribution in [1.82, 2.24) is 20.4 Å². The highest BCUT2D eigenvalue weighted by Crippen LogP contribution is 2.25. The fraction of sp³-hybridized carbons (Fsp3) is 0.214. The van der Waals surface area contributed by atoms with Gasteiger partial charge in [0.2, 0.25) is 5.89 Å². The van der Waals surface area contributed by atoms with Gasteiger partial charge in [-0.3, -0.25) is 5.10 Å². The first-order chi connectivity index (χ1) is 9.63. The van der Waals surface area contributed by atoms with Crippen LogP contribution in [0.3, 0.4) is 0 Å². The summed E-state index contributed by atoms with van der Waals surface area (Å²) in [5.41, 5.74) is 2.47. The Kier molecular flexibility index (Phi) is 3.28. The summed E-state index contributed by atoms with van der Waals surface area (Å²) in [6, 6.07) is 9.20. The van der Waals surface area contributed by atoms with Gasteiger partial charge in [-0.05, 0) is 30.2 Å². The van der Waals surface area contributed by atoms with Gasteiger partial charge in [0, 0.05) is 16.3 Å². The highest BCUT2D eigenvalue weighted by Gasteiger charge is 2.14. The number of nitrogens with one attached hydrogen (secondary N) is 1. The number of H-pyrrole nitrogens is 1. The minimum atomic E-state index is 0.367. The van der Waals surface area contributed by atoms with Crippen LogP contribution in [-0.4, -0.2) is 20.4 Å². The fourth-order valence-corrected chi connectivity index (χ4v) is 2.00. The normalized spacial score (nSPS) is 11.2. The van der Waals surface area contributed by atoms with E-state index in [-0.39, 0.29) is 0 Å². The lowest BCUT2D eigenvalue weighted by Crippen LogP contribution is -1.85. The first-order valence-corrected chi connectivity index (χ1v) is 6.66. The van der Waals surface area contributed by atoms with Crippen molar-refractivity contribution in [1.29, 1.82) is 0 Å². The molecule has 3 rings (SSSR count). The van der Waals surface area contributed by atoms with Crippen molar-refractivity contribution in [2.24, 2.45) is 0 Å². The zero-order valence-corrected chi connectivity index (χ0v) is 11.8. The van der Waals surface area contributed by atoms with Gasteiger partial charge in [0.25, 0.3) is 5.89 Å². The highest BCUT2D eigenvalue weighted by molar-refractivity contribution is 6.30. The van der Waals surface area contributed by atoms with Crippen molar-refractivity contribution in [2.75, 3.05) is 0 Å². The average molecular weight is 289 g/mol. The van der Waals surface area contributed by atoms with E-state index >= 15 is 0 Å². The third-order valence-corrected chi connectivity index (χ3v) is 3.17. The van der Waals surface area contributed by atoms with Crippen LogP contribution in [0.4, 0.5) is 0 Å². The van der Waals surface area contributed by atoms with E-state index in [1.807, 2.05) is 18.2 Å². The highest BCUT2D eigenvalue weighted by atomic mass is 35.5. The Bertz CT molecular complexity index is 732. The maximum Gasteiger partial charge on any atom is 0.268 e. The summed E-state index contributed by atoms with van der Waals surface area (Å²) in [5, 5.41) is 15.8. The molecule has 0 aliphatic rings. The Morgan fingerprint density at radius 1 is 1.15 bits per heavy atom. The van der Waals surface area contributed by atoms with E-state index in [0.29, 0.717) is 28.4 Å². The van der Waals surface area contributed by atoms with Crippen LogP contribution in [0.1, 0.15) is 25.5 Å². The van der Waals surface area contributed by atoms with Gasteiger partial charge >= 0.3 is 0 Å². The van der Waals surface area contributed by atoms with Crippen molar-refractivity contribution in [2.45, 2.75) is 19.8 Å². The van der Waals surface area contributed by atoms with Crippen molar-refractivity contribution in [3.05, 3.63) is 41.0 Å². The molecule has 0 aliphatic carbocycles. The van der Waals surface area contributed by atoms with Crippen molar-refractivity contribution in [3.8, 4) is 23.0 Å². The molecule has 0 fully saturated rings. The van der Waals surface area contributed by atoms with E-state index in [4.69, 9.17) is 16.0 Å². The summed E-state index contributed by atoms with van der Waals surface area (Å²) in [6.45, 7) is 4.17. The minimum Gasteiger partial charge on any atom is -0.415 e. The molecule has 20 heavy (non-hydrogen) atoms. The summed E-state index contributed by atoms with van der Waals surface area (Å²) in [7, 11) is 0. The number of hydrogen-bond donors (Lipinski definition) is 1. The van der Waals surface area contributed by atoms with Crippen LogP contribution in [0.5, 0.6) is 0 Å². The second-order valence-electron chi connectivity index (χ2n) is 4.79. The van der Waals surface area contributed by atoms with Crippen LogP contribution in [0, 0.1) is 0 Å². The predicted molar refractivity (Wildman–Crippen MR) is 76.4 cm³/mol. The molecule has 0 radical (unpaired) electrons. The lowest BCUT2D eigenvalue weighted by molar-refractivity contribution is 0.582. The second kappa shape index (κ2) is 5.09. The topological polar surface area (TPSA) is 67.6 Å². The van der Waals surface area contributed by atoms with Gasteiger partial charge in [-0.1, -0.05) is 31.5 Å². The lowest BCUT2D eigenvalue weighted by Gasteiger charge is -1.96. The van der Waals surface area contributed by atoms with E-state index < -0.39 is 0 Å². The minimum absolute atomic E-state index is 0.367. The standard InChI is InChI=1S/C14H13ClN4O/c1-8(2)11-7-12(17-16-11)14-19-18-13(20-14)9-4-3-5-10(15)6-9/h3-8H,1-2H3,(H,16,17). The fourth-order valence-electron chi connectivity index (χ4n) is 1.81. The Morgan fingerprint density at radius 2 is 1.95 bits per heavy atom. The first-order valence-electron chi connectivity index (χ1n) is 6.28. The molecule has 3 aromatic rings. The Labute approximate surface area is 121 Å². The van der Waals surface area contributed by atoms with Gasteiger partial charge in [0.05, 0.1) is 0 Å². The number of benzene rings is 1. The Balaban J connectivity index is 1.93. The van der Waals surface area contributed by atoms with E-state index in [1.54, 1.807) is 12.1 Å². The van der Waals surface area contributed by atoms with E-state index in [9.17, 15) is 0 Å². The van der Waals surface area contributed by atoms with Gasteiger partial charge in [0.1, 0.15) is 5.69 Å². The third kappa shape index (κ3) is 2.44. The van der Waals surface area contributed by atoms with Crippen molar-refractivity contribution in [3.63, 3.8) is 0 Å². The molecule has 102 valence electrons. The smallest absolute Gasteiger partial charge is 0.268 e. The van der Waals surface area contributed by atoms with E-state index in [2.05, 4.69) is 34.2 Å². The molecule has 0 amide bonds. The number of halogens is 1. The van der Waals surface area contributed by atoms with Crippen LogP contribution in [0.2, 0.25) is 5.02 Å². The molecular formula is C14H13ClN4O. The van der Waals surface area contributed by atoms with E-state index in [0.717, 1.165) is 11.3 Å². The second-order valence-corrected chi connectivity index (χ2v) is 5.22. The first kappa shape index (κ1) is 12.9. The van der Waals surface area contributed by atoms with Gasteiger partial charge < -0.3 is 4.42 Å². The number of rotatable bonds is 3. The molecule has 2 heterocycles. The molecule has 0 unspecified atom stereocenters. The molecule has 1 aromatic carbocycles. The van der Waals surface area contributed by atoms with Crippen LogP contribution in [-0.2, 0) is 0 Å². The third-order valence-electron chi connectivity index (χ3n) is 2.94.